The molecule has 2 aromatic rings. The van der Waals surface area contributed by atoms with Crippen LogP contribution in [0.5, 0.6) is 0 Å². The van der Waals surface area contributed by atoms with E-state index in [-0.39, 0.29) is 6.10 Å². The predicted molar refractivity (Wildman–Crippen MR) is 84.2 cm³/mol. The van der Waals surface area contributed by atoms with Crippen LogP contribution in [-0.2, 0) is 12.8 Å². The third-order valence-electron chi connectivity index (χ3n) is 4.40. The summed E-state index contributed by atoms with van der Waals surface area (Å²) in [6.07, 6.45) is 4.43. The number of hydrogen-bond acceptors (Lipinski definition) is 3. The highest BCUT2D eigenvalue weighted by Gasteiger charge is 2.19. The fourth-order valence-electron chi connectivity index (χ4n) is 3.12. The first-order valence-electron chi connectivity index (χ1n) is 7.75. The molecular weight excluding hydrogens is 260 g/mol. The Morgan fingerprint density at radius 1 is 0.952 bits per heavy atom. The SMILES string of the molecule is Cc1ccc(-c2nnc(C)c3c2CCCC(O)CC3)cc1. The molecule has 3 heteroatoms. The topological polar surface area (TPSA) is 46.0 Å². The number of nitrogens with zero attached hydrogens (tertiary/aromatic N) is 2. The van der Waals surface area contributed by atoms with Gasteiger partial charge in [0.05, 0.1) is 17.5 Å². The average Bonchev–Trinajstić information content (AvgIpc) is 2.45. The molecule has 1 aromatic carbocycles. The Morgan fingerprint density at radius 3 is 2.48 bits per heavy atom. The van der Waals surface area contributed by atoms with Gasteiger partial charge in [-0.2, -0.15) is 5.10 Å². The summed E-state index contributed by atoms with van der Waals surface area (Å²) in [5.74, 6) is 0. The summed E-state index contributed by atoms with van der Waals surface area (Å²) in [6, 6.07) is 8.50. The molecule has 1 aliphatic rings. The van der Waals surface area contributed by atoms with Gasteiger partial charge >= 0.3 is 0 Å². The second-order valence-corrected chi connectivity index (χ2v) is 6.04. The van der Waals surface area contributed by atoms with Crippen molar-refractivity contribution in [3.05, 3.63) is 46.6 Å². The average molecular weight is 282 g/mol. The maximum absolute atomic E-state index is 9.91. The van der Waals surface area contributed by atoms with E-state index in [0.29, 0.717) is 0 Å². The lowest BCUT2D eigenvalue weighted by molar-refractivity contribution is 0.150. The maximum Gasteiger partial charge on any atom is 0.0964 e. The van der Waals surface area contributed by atoms with Crippen molar-refractivity contribution >= 4 is 0 Å². The molecular formula is C18H22N2O. The lowest BCUT2D eigenvalue weighted by Gasteiger charge is -2.20. The van der Waals surface area contributed by atoms with Gasteiger partial charge in [-0.25, -0.2) is 0 Å². The lowest BCUT2D eigenvalue weighted by Crippen LogP contribution is -2.15. The second kappa shape index (κ2) is 5.94. The summed E-state index contributed by atoms with van der Waals surface area (Å²) in [4.78, 5) is 0. The van der Waals surface area contributed by atoms with E-state index in [2.05, 4.69) is 41.4 Å². The number of aliphatic hydroxyl groups excluding tert-OH is 1. The second-order valence-electron chi connectivity index (χ2n) is 6.04. The van der Waals surface area contributed by atoms with Crippen LogP contribution in [0.2, 0.25) is 0 Å². The van der Waals surface area contributed by atoms with Crippen LogP contribution in [-0.4, -0.2) is 21.4 Å². The highest BCUT2D eigenvalue weighted by Crippen LogP contribution is 2.30. The summed E-state index contributed by atoms with van der Waals surface area (Å²) in [6.45, 7) is 4.12. The number of aryl methyl sites for hydroxylation is 2. The van der Waals surface area contributed by atoms with Crippen molar-refractivity contribution < 1.29 is 5.11 Å². The molecule has 0 aliphatic heterocycles. The molecule has 1 aromatic heterocycles. The molecule has 0 radical (unpaired) electrons. The molecule has 0 bridgehead atoms. The molecule has 1 heterocycles. The molecule has 110 valence electrons. The van der Waals surface area contributed by atoms with E-state index in [1.54, 1.807) is 0 Å². The molecule has 0 saturated carbocycles. The van der Waals surface area contributed by atoms with Crippen LogP contribution >= 0.6 is 0 Å². The zero-order chi connectivity index (χ0) is 14.8. The fraction of sp³-hybridized carbons (Fsp3) is 0.444. The largest absolute Gasteiger partial charge is 0.393 e. The van der Waals surface area contributed by atoms with Crippen LogP contribution in [0.1, 0.15) is 41.6 Å². The molecule has 3 rings (SSSR count). The Morgan fingerprint density at radius 2 is 1.71 bits per heavy atom. The van der Waals surface area contributed by atoms with Crippen LogP contribution in [0.3, 0.4) is 0 Å². The monoisotopic (exact) mass is 282 g/mol. The van der Waals surface area contributed by atoms with Crippen molar-refractivity contribution in [1.82, 2.24) is 10.2 Å². The van der Waals surface area contributed by atoms with Crippen molar-refractivity contribution in [2.24, 2.45) is 0 Å². The Bertz CT molecular complexity index is 634. The van der Waals surface area contributed by atoms with E-state index >= 15 is 0 Å². The number of aliphatic hydroxyl groups is 1. The van der Waals surface area contributed by atoms with Gasteiger partial charge in [0.1, 0.15) is 0 Å². The predicted octanol–water partition coefficient (Wildman–Crippen LogP) is 3.39. The van der Waals surface area contributed by atoms with Crippen molar-refractivity contribution in [1.29, 1.82) is 0 Å². The van der Waals surface area contributed by atoms with Gasteiger partial charge in [-0.15, -0.1) is 5.10 Å². The summed E-state index contributed by atoms with van der Waals surface area (Å²) >= 11 is 0. The lowest BCUT2D eigenvalue weighted by atomic mass is 9.89. The number of benzene rings is 1. The molecule has 0 saturated heterocycles. The summed E-state index contributed by atoms with van der Waals surface area (Å²) in [7, 11) is 0. The number of fused-ring (bicyclic) bond motifs is 1. The molecule has 1 unspecified atom stereocenters. The number of aromatic nitrogens is 2. The van der Waals surface area contributed by atoms with Crippen molar-refractivity contribution in [3.63, 3.8) is 0 Å². The standard InChI is InChI=1S/C18H22N2O/c1-12-6-8-14(9-7-12)18-17-5-3-4-15(21)10-11-16(17)13(2)19-20-18/h6-9,15,21H,3-5,10-11H2,1-2H3. The normalized spacial score (nSPS) is 18.7. The van der Waals surface area contributed by atoms with E-state index in [0.717, 1.165) is 49.1 Å². The Labute approximate surface area is 126 Å². The van der Waals surface area contributed by atoms with Gasteiger partial charge in [0.15, 0.2) is 0 Å². The third-order valence-corrected chi connectivity index (χ3v) is 4.40. The van der Waals surface area contributed by atoms with Crippen LogP contribution in [0.25, 0.3) is 11.3 Å². The maximum atomic E-state index is 9.91. The van der Waals surface area contributed by atoms with Gasteiger partial charge < -0.3 is 5.11 Å². The fourth-order valence-corrected chi connectivity index (χ4v) is 3.12. The zero-order valence-corrected chi connectivity index (χ0v) is 12.8. The van der Waals surface area contributed by atoms with E-state index < -0.39 is 0 Å². The van der Waals surface area contributed by atoms with E-state index in [4.69, 9.17) is 0 Å². The molecule has 1 aliphatic carbocycles. The van der Waals surface area contributed by atoms with E-state index in [9.17, 15) is 5.11 Å². The van der Waals surface area contributed by atoms with Gasteiger partial charge in [0.2, 0.25) is 0 Å². The van der Waals surface area contributed by atoms with Crippen LogP contribution < -0.4 is 0 Å². The van der Waals surface area contributed by atoms with Gasteiger partial charge in [-0.3, -0.25) is 0 Å². The molecule has 1 atom stereocenters. The van der Waals surface area contributed by atoms with Crippen molar-refractivity contribution in [2.45, 2.75) is 52.1 Å². The van der Waals surface area contributed by atoms with Gasteiger partial charge in [0, 0.05) is 5.56 Å². The van der Waals surface area contributed by atoms with Crippen LogP contribution in [0.15, 0.2) is 24.3 Å². The zero-order valence-electron chi connectivity index (χ0n) is 12.8. The molecule has 0 amide bonds. The first kappa shape index (κ1) is 14.2. The number of rotatable bonds is 1. The molecule has 21 heavy (non-hydrogen) atoms. The van der Waals surface area contributed by atoms with Crippen molar-refractivity contribution in [2.75, 3.05) is 0 Å². The smallest absolute Gasteiger partial charge is 0.0964 e. The van der Waals surface area contributed by atoms with E-state index in [1.165, 1.54) is 16.7 Å². The summed E-state index contributed by atoms with van der Waals surface area (Å²) in [5, 5.41) is 18.7. The highest BCUT2D eigenvalue weighted by atomic mass is 16.3. The van der Waals surface area contributed by atoms with E-state index in [1.807, 2.05) is 6.92 Å². The molecule has 3 nitrogen and oxygen atoms in total. The highest BCUT2D eigenvalue weighted by molar-refractivity contribution is 5.65. The first-order valence-corrected chi connectivity index (χ1v) is 7.75. The Hall–Kier alpha value is -1.74. The Balaban J connectivity index is 2.08. The first-order chi connectivity index (χ1) is 10.1. The summed E-state index contributed by atoms with van der Waals surface area (Å²) in [5.41, 5.74) is 7.05. The minimum atomic E-state index is -0.173. The third kappa shape index (κ3) is 2.98. The minimum absolute atomic E-state index is 0.173. The van der Waals surface area contributed by atoms with Gasteiger partial charge in [0.25, 0.3) is 0 Å². The van der Waals surface area contributed by atoms with Gasteiger partial charge in [-0.05, 0) is 57.1 Å². The van der Waals surface area contributed by atoms with Crippen LogP contribution in [0.4, 0.5) is 0 Å². The Kier molecular flexibility index (Phi) is 4.02. The van der Waals surface area contributed by atoms with Crippen LogP contribution in [0, 0.1) is 13.8 Å². The summed E-state index contributed by atoms with van der Waals surface area (Å²) < 4.78 is 0. The molecule has 0 fully saturated rings. The van der Waals surface area contributed by atoms with Gasteiger partial charge in [-0.1, -0.05) is 29.8 Å². The quantitative estimate of drug-likeness (QED) is 0.872. The van der Waals surface area contributed by atoms with Crippen molar-refractivity contribution in [3.8, 4) is 11.3 Å². The molecule has 1 N–H and O–H groups in total. The molecule has 0 spiro atoms. The number of hydrogen-bond donors (Lipinski definition) is 1. The minimum Gasteiger partial charge on any atom is -0.393 e.